The Morgan fingerprint density at radius 1 is 1.53 bits per heavy atom. The number of nitrogens with one attached hydrogen (secondary N) is 1. The van der Waals surface area contributed by atoms with Gasteiger partial charge < -0.3 is 11.1 Å². The molecule has 0 aliphatic heterocycles. The minimum absolute atomic E-state index is 0.180. The van der Waals surface area contributed by atoms with Crippen LogP contribution in [0.25, 0.3) is 0 Å². The number of hydrogen-bond donors (Lipinski definition) is 2. The summed E-state index contributed by atoms with van der Waals surface area (Å²) >= 11 is 0. The molecule has 0 heterocycles. The predicted molar refractivity (Wildman–Crippen MR) is 60.2 cm³/mol. The van der Waals surface area contributed by atoms with Crippen LogP contribution in [0.15, 0.2) is 0 Å². The molecule has 86 valence electrons. The van der Waals surface area contributed by atoms with Gasteiger partial charge in [-0.1, -0.05) is 6.92 Å². The number of hydrogen-bond acceptors (Lipinski definition) is 2. The summed E-state index contributed by atoms with van der Waals surface area (Å²) in [6.07, 6.45) is 6.00. The number of carbonyl (C=O) groups excluding carboxylic acids is 1. The zero-order valence-corrected chi connectivity index (χ0v) is 9.59. The fourth-order valence-electron chi connectivity index (χ4n) is 2.33. The molecular weight excluding hydrogens is 188 g/mol. The van der Waals surface area contributed by atoms with Crippen LogP contribution in [0.2, 0.25) is 0 Å². The van der Waals surface area contributed by atoms with Crippen molar-refractivity contribution in [2.75, 3.05) is 13.1 Å². The third-order valence-electron chi connectivity index (χ3n) is 3.91. The Hall–Kier alpha value is -0.570. The van der Waals surface area contributed by atoms with Crippen LogP contribution in [-0.2, 0) is 4.79 Å². The van der Waals surface area contributed by atoms with Gasteiger partial charge in [0.2, 0.25) is 5.91 Å². The first-order valence-electron chi connectivity index (χ1n) is 6.13. The van der Waals surface area contributed by atoms with E-state index in [4.69, 9.17) is 5.73 Å². The first-order chi connectivity index (χ1) is 7.16. The van der Waals surface area contributed by atoms with Crippen LogP contribution >= 0.6 is 0 Å². The van der Waals surface area contributed by atoms with Crippen LogP contribution in [0, 0.1) is 17.3 Å². The van der Waals surface area contributed by atoms with Crippen LogP contribution in [0.3, 0.4) is 0 Å². The summed E-state index contributed by atoms with van der Waals surface area (Å²) < 4.78 is 0. The molecule has 0 saturated heterocycles. The summed E-state index contributed by atoms with van der Waals surface area (Å²) in [4.78, 5) is 11.6. The molecule has 0 bridgehead atoms. The molecule has 0 aromatic rings. The second-order valence-electron chi connectivity index (χ2n) is 5.46. The van der Waals surface area contributed by atoms with Gasteiger partial charge in [-0.25, -0.2) is 0 Å². The van der Waals surface area contributed by atoms with Crippen molar-refractivity contribution in [2.45, 2.75) is 39.0 Å². The van der Waals surface area contributed by atoms with Gasteiger partial charge in [0.15, 0.2) is 0 Å². The summed E-state index contributed by atoms with van der Waals surface area (Å²) in [5, 5.41) is 3.08. The van der Waals surface area contributed by atoms with Crippen LogP contribution in [-0.4, -0.2) is 19.0 Å². The molecule has 0 radical (unpaired) electrons. The first kappa shape index (κ1) is 10.9. The van der Waals surface area contributed by atoms with Crippen molar-refractivity contribution in [2.24, 2.45) is 23.0 Å². The Labute approximate surface area is 91.8 Å². The SMILES string of the molecule is CC(CN)CC(=O)NCC1(C2CC2)CC1. The topological polar surface area (TPSA) is 55.1 Å². The molecule has 3 heteroatoms. The van der Waals surface area contributed by atoms with Crippen molar-refractivity contribution in [1.82, 2.24) is 5.32 Å². The van der Waals surface area contributed by atoms with Crippen molar-refractivity contribution >= 4 is 5.91 Å². The van der Waals surface area contributed by atoms with Gasteiger partial charge >= 0.3 is 0 Å². The zero-order valence-electron chi connectivity index (χ0n) is 9.59. The lowest BCUT2D eigenvalue weighted by molar-refractivity contribution is -0.122. The smallest absolute Gasteiger partial charge is 0.220 e. The summed E-state index contributed by atoms with van der Waals surface area (Å²) in [6, 6.07) is 0. The third-order valence-corrected chi connectivity index (χ3v) is 3.91. The summed E-state index contributed by atoms with van der Waals surface area (Å²) in [5.41, 5.74) is 6.01. The Bertz CT molecular complexity index is 244. The molecule has 2 aliphatic carbocycles. The van der Waals surface area contributed by atoms with E-state index in [-0.39, 0.29) is 5.91 Å². The van der Waals surface area contributed by atoms with Gasteiger partial charge in [-0.15, -0.1) is 0 Å². The van der Waals surface area contributed by atoms with Crippen molar-refractivity contribution in [3.05, 3.63) is 0 Å². The predicted octanol–water partition coefficient (Wildman–Crippen LogP) is 1.28. The zero-order chi connectivity index (χ0) is 10.9. The largest absolute Gasteiger partial charge is 0.356 e. The highest BCUT2D eigenvalue weighted by Crippen LogP contribution is 2.60. The highest BCUT2D eigenvalue weighted by atomic mass is 16.1. The summed E-state index contributed by atoms with van der Waals surface area (Å²) in [6.45, 7) is 3.53. The maximum absolute atomic E-state index is 11.6. The van der Waals surface area contributed by atoms with E-state index in [1.165, 1.54) is 25.7 Å². The quantitative estimate of drug-likeness (QED) is 0.694. The van der Waals surface area contributed by atoms with E-state index in [2.05, 4.69) is 5.32 Å². The molecule has 3 nitrogen and oxygen atoms in total. The van der Waals surface area contributed by atoms with Gasteiger partial charge in [0.25, 0.3) is 0 Å². The number of carbonyl (C=O) groups is 1. The van der Waals surface area contributed by atoms with E-state index in [1.807, 2.05) is 6.92 Å². The molecule has 2 aliphatic rings. The van der Waals surface area contributed by atoms with E-state index >= 15 is 0 Å². The minimum atomic E-state index is 0.180. The Kier molecular flexibility index (Phi) is 3.01. The maximum Gasteiger partial charge on any atom is 0.220 e. The van der Waals surface area contributed by atoms with Crippen LogP contribution in [0.5, 0.6) is 0 Å². The van der Waals surface area contributed by atoms with Crippen LogP contribution in [0.4, 0.5) is 0 Å². The van der Waals surface area contributed by atoms with E-state index in [1.54, 1.807) is 0 Å². The average molecular weight is 210 g/mol. The molecule has 1 unspecified atom stereocenters. The molecule has 3 N–H and O–H groups in total. The Morgan fingerprint density at radius 2 is 2.20 bits per heavy atom. The summed E-state index contributed by atoms with van der Waals surface area (Å²) in [5.74, 6) is 1.41. The van der Waals surface area contributed by atoms with Gasteiger partial charge in [-0.3, -0.25) is 4.79 Å². The Morgan fingerprint density at radius 3 is 2.67 bits per heavy atom. The fraction of sp³-hybridized carbons (Fsp3) is 0.917. The molecule has 1 atom stereocenters. The monoisotopic (exact) mass is 210 g/mol. The average Bonchev–Trinajstić information content (AvgIpc) is 3.04. The number of nitrogens with two attached hydrogens (primary N) is 1. The van der Waals surface area contributed by atoms with E-state index in [0.717, 1.165) is 12.5 Å². The van der Waals surface area contributed by atoms with E-state index in [9.17, 15) is 4.79 Å². The maximum atomic E-state index is 11.6. The lowest BCUT2D eigenvalue weighted by Gasteiger charge is -2.16. The molecule has 0 aromatic carbocycles. The molecule has 2 saturated carbocycles. The molecule has 0 spiro atoms. The minimum Gasteiger partial charge on any atom is -0.356 e. The normalized spacial score (nSPS) is 24.7. The van der Waals surface area contributed by atoms with Gasteiger partial charge in [-0.2, -0.15) is 0 Å². The van der Waals surface area contributed by atoms with Crippen molar-refractivity contribution in [3.63, 3.8) is 0 Å². The Balaban J connectivity index is 1.67. The summed E-state index contributed by atoms with van der Waals surface area (Å²) in [7, 11) is 0. The van der Waals surface area contributed by atoms with Gasteiger partial charge in [0.1, 0.15) is 0 Å². The third kappa shape index (κ3) is 2.71. The first-order valence-corrected chi connectivity index (χ1v) is 6.13. The number of rotatable bonds is 6. The van der Waals surface area contributed by atoms with Gasteiger partial charge in [0.05, 0.1) is 0 Å². The second-order valence-corrected chi connectivity index (χ2v) is 5.46. The molecule has 2 fully saturated rings. The van der Waals surface area contributed by atoms with Gasteiger partial charge in [-0.05, 0) is 49.5 Å². The molecule has 2 rings (SSSR count). The van der Waals surface area contributed by atoms with E-state index in [0.29, 0.717) is 24.3 Å². The van der Waals surface area contributed by atoms with Crippen molar-refractivity contribution < 1.29 is 4.79 Å². The van der Waals surface area contributed by atoms with Crippen LogP contribution in [0.1, 0.15) is 39.0 Å². The molecule has 15 heavy (non-hydrogen) atoms. The van der Waals surface area contributed by atoms with Gasteiger partial charge in [0, 0.05) is 13.0 Å². The lowest BCUT2D eigenvalue weighted by atomic mass is 10.0. The second kappa shape index (κ2) is 4.12. The van der Waals surface area contributed by atoms with Crippen LogP contribution < -0.4 is 11.1 Å². The van der Waals surface area contributed by atoms with Crippen molar-refractivity contribution in [1.29, 1.82) is 0 Å². The number of amides is 1. The highest BCUT2D eigenvalue weighted by Gasteiger charge is 2.53. The molecule has 0 aromatic heterocycles. The van der Waals surface area contributed by atoms with E-state index < -0.39 is 0 Å². The van der Waals surface area contributed by atoms with Crippen molar-refractivity contribution in [3.8, 4) is 0 Å². The fourth-order valence-corrected chi connectivity index (χ4v) is 2.33. The highest BCUT2D eigenvalue weighted by molar-refractivity contribution is 5.76. The lowest BCUT2D eigenvalue weighted by Crippen LogP contribution is -2.32. The standard InChI is InChI=1S/C12H22N2O/c1-9(7-13)6-11(15)14-8-12(4-5-12)10-2-3-10/h9-10H,2-8,13H2,1H3,(H,14,15). The molecule has 1 amide bonds. The molecular formula is C12H22N2O.